The van der Waals surface area contributed by atoms with Crippen molar-refractivity contribution in [2.45, 2.75) is 25.8 Å². The molecular formula is C20H21F2N5O. The van der Waals surface area contributed by atoms with E-state index in [9.17, 15) is 13.6 Å². The quantitative estimate of drug-likeness (QED) is 0.747. The maximum atomic E-state index is 13.6. The Bertz CT molecular complexity index is 1060. The van der Waals surface area contributed by atoms with E-state index in [1.54, 1.807) is 23.4 Å². The fourth-order valence-electron chi connectivity index (χ4n) is 5.06. The number of nitrogens with zero attached hydrogens (tertiary/aromatic N) is 4. The van der Waals surface area contributed by atoms with Crippen LogP contribution in [0.4, 0.5) is 14.5 Å². The van der Waals surface area contributed by atoms with Crippen molar-refractivity contribution in [2.75, 3.05) is 5.32 Å². The molecule has 146 valence electrons. The van der Waals surface area contributed by atoms with Crippen LogP contribution in [0, 0.1) is 35.3 Å². The molecule has 2 saturated carbocycles. The average molecular weight is 385 g/mol. The third-order valence-electron chi connectivity index (χ3n) is 6.46. The number of hydrogen-bond acceptors (Lipinski definition) is 3. The molecule has 8 heteroatoms. The van der Waals surface area contributed by atoms with Crippen LogP contribution in [0.3, 0.4) is 0 Å². The van der Waals surface area contributed by atoms with E-state index < -0.39 is 11.6 Å². The number of aryl methyl sites for hydroxylation is 1. The average Bonchev–Trinajstić information content (AvgIpc) is 3.05. The van der Waals surface area contributed by atoms with E-state index in [1.165, 1.54) is 6.07 Å². The maximum absolute atomic E-state index is 13.6. The first-order chi connectivity index (χ1) is 13.4. The number of fused-ring (bicyclic) bond motifs is 2. The van der Waals surface area contributed by atoms with Crippen LogP contribution in [0.25, 0.3) is 11.0 Å². The van der Waals surface area contributed by atoms with E-state index in [0.29, 0.717) is 34.5 Å². The van der Waals surface area contributed by atoms with Crippen molar-refractivity contribution >= 4 is 22.6 Å². The van der Waals surface area contributed by atoms with Crippen molar-refractivity contribution in [2.24, 2.45) is 30.7 Å². The Morgan fingerprint density at radius 1 is 1.25 bits per heavy atom. The molecule has 5 atom stereocenters. The van der Waals surface area contributed by atoms with E-state index in [2.05, 4.69) is 15.4 Å². The number of carbonyl (C=O) groups excluding carboxylic acids is 1. The number of imidazole rings is 1. The van der Waals surface area contributed by atoms with Gasteiger partial charge >= 0.3 is 0 Å². The fraction of sp³-hybridized carbons (Fsp3) is 0.450. The first-order valence-corrected chi connectivity index (χ1v) is 9.53. The molecule has 3 aromatic rings. The Kier molecular flexibility index (Phi) is 3.79. The predicted octanol–water partition coefficient (Wildman–Crippen LogP) is 3.52. The molecule has 1 aromatic carbocycles. The van der Waals surface area contributed by atoms with E-state index in [1.807, 2.05) is 18.5 Å². The van der Waals surface area contributed by atoms with Crippen LogP contribution in [0.1, 0.15) is 25.8 Å². The highest BCUT2D eigenvalue weighted by Gasteiger charge is 2.59. The molecular weight excluding hydrogens is 364 g/mol. The lowest BCUT2D eigenvalue weighted by atomic mass is 9.96. The van der Waals surface area contributed by atoms with Gasteiger partial charge < -0.3 is 9.88 Å². The van der Waals surface area contributed by atoms with E-state index >= 15 is 0 Å². The largest absolute Gasteiger partial charge is 0.327 e. The standard InChI is InChI=1S/C20H21F2N5O/c1-10(20(28)25-11-7-24-26(2)8-11)19-13-3-12(4-14(13)19)27-9-23-17-5-15(21)16(22)6-18(17)27/h5-10,12-14,19H,3-4H2,1-2H3,(H,25,28)/t10?,12?,13-,14+,19?. The van der Waals surface area contributed by atoms with Gasteiger partial charge in [0.2, 0.25) is 5.91 Å². The topological polar surface area (TPSA) is 64.7 Å². The molecule has 2 heterocycles. The van der Waals surface area contributed by atoms with Crippen LogP contribution in [0.2, 0.25) is 0 Å². The molecule has 2 aliphatic rings. The number of halogens is 2. The summed E-state index contributed by atoms with van der Waals surface area (Å²) < 4.78 is 30.7. The third kappa shape index (κ3) is 2.70. The number of aromatic nitrogens is 4. The lowest BCUT2D eigenvalue weighted by molar-refractivity contribution is -0.120. The zero-order chi connectivity index (χ0) is 19.6. The minimum absolute atomic E-state index is 0.0228. The summed E-state index contributed by atoms with van der Waals surface area (Å²) in [5, 5.41) is 7.00. The van der Waals surface area contributed by atoms with E-state index in [4.69, 9.17) is 0 Å². The first-order valence-electron chi connectivity index (χ1n) is 9.53. The molecule has 3 unspecified atom stereocenters. The van der Waals surface area contributed by atoms with Crippen molar-refractivity contribution < 1.29 is 13.6 Å². The van der Waals surface area contributed by atoms with Crippen LogP contribution >= 0.6 is 0 Å². The SMILES string of the molecule is CC(C(=O)Nc1cnn(C)c1)C1[C@H]2CC(n3cnc4cc(F)c(F)cc43)C[C@@H]12. The van der Waals surface area contributed by atoms with Gasteiger partial charge in [-0.3, -0.25) is 9.48 Å². The normalized spacial score (nSPS) is 27.0. The fourth-order valence-corrected chi connectivity index (χ4v) is 5.06. The second-order valence-corrected chi connectivity index (χ2v) is 8.12. The Balaban J connectivity index is 1.26. The van der Waals surface area contributed by atoms with Gasteiger partial charge in [-0.05, 0) is 30.6 Å². The molecule has 1 amide bonds. The highest BCUT2D eigenvalue weighted by atomic mass is 19.2. The number of carbonyl (C=O) groups is 1. The Morgan fingerprint density at radius 2 is 1.96 bits per heavy atom. The molecule has 2 fully saturated rings. The number of hydrogen-bond donors (Lipinski definition) is 1. The number of anilines is 1. The second-order valence-electron chi connectivity index (χ2n) is 8.12. The lowest BCUT2D eigenvalue weighted by Crippen LogP contribution is -2.24. The Hall–Kier alpha value is -2.77. The van der Waals surface area contributed by atoms with Crippen LogP contribution in [-0.4, -0.2) is 25.2 Å². The maximum Gasteiger partial charge on any atom is 0.227 e. The van der Waals surface area contributed by atoms with Crippen molar-refractivity contribution in [1.29, 1.82) is 0 Å². The van der Waals surface area contributed by atoms with Gasteiger partial charge in [-0.15, -0.1) is 0 Å². The van der Waals surface area contributed by atoms with Gasteiger partial charge in [0.25, 0.3) is 0 Å². The molecule has 0 aliphatic heterocycles. The van der Waals surface area contributed by atoms with Crippen molar-refractivity contribution in [3.63, 3.8) is 0 Å². The number of amides is 1. The molecule has 0 radical (unpaired) electrons. The van der Waals surface area contributed by atoms with E-state index in [-0.39, 0.29) is 17.9 Å². The molecule has 2 aliphatic carbocycles. The summed E-state index contributed by atoms with van der Waals surface area (Å²) >= 11 is 0. The van der Waals surface area contributed by atoms with Gasteiger partial charge in [0.05, 0.1) is 29.2 Å². The summed E-state index contributed by atoms with van der Waals surface area (Å²) in [5.74, 6) is -0.421. The lowest BCUT2D eigenvalue weighted by Gasteiger charge is -2.19. The summed E-state index contributed by atoms with van der Waals surface area (Å²) in [5.41, 5.74) is 1.81. The van der Waals surface area contributed by atoms with Crippen molar-refractivity contribution in [1.82, 2.24) is 19.3 Å². The minimum atomic E-state index is -0.875. The van der Waals surface area contributed by atoms with Gasteiger partial charge in [0.1, 0.15) is 0 Å². The Morgan fingerprint density at radius 3 is 2.64 bits per heavy atom. The van der Waals surface area contributed by atoms with Gasteiger partial charge in [-0.25, -0.2) is 13.8 Å². The van der Waals surface area contributed by atoms with Gasteiger partial charge in [0.15, 0.2) is 11.6 Å². The van der Waals surface area contributed by atoms with Gasteiger partial charge in [-0.1, -0.05) is 6.92 Å². The summed E-state index contributed by atoms with van der Waals surface area (Å²) in [4.78, 5) is 16.8. The number of nitrogens with one attached hydrogen (secondary N) is 1. The molecule has 0 saturated heterocycles. The third-order valence-corrected chi connectivity index (χ3v) is 6.46. The van der Waals surface area contributed by atoms with Crippen LogP contribution < -0.4 is 5.32 Å². The summed E-state index contributed by atoms with van der Waals surface area (Å²) in [7, 11) is 1.81. The second kappa shape index (κ2) is 6.12. The molecule has 6 nitrogen and oxygen atoms in total. The summed E-state index contributed by atoms with van der Waals surface area (Å²) in [6.45, 7) is 1.98. The molecule has 5 rings (SSSR count). The first kappa shape index (κ1) is 17.3. The van der Waals surface area contributed by atoms with Crippen molar-refractivity contribution in [3.05, 3.63) is 42.5 Å². The number of benzene rings is 1. The van der Waals surface area contributed by atoms with Crippen molar-refractivity contribution in [3.8, 4) is 0 Å². The highest BCUT2D eigenvalue weighted by molar-refractivity contribution is 5.92. The van der Waals surface area contributed by atoms with Gasteiger partial charge in [0, 0.05) is 37.3 Å². The summed E-state index contributed by atoms with van der Waals surface area (Å²) in [6, 6.07) is 2.59. The monoisotopic (exact) mass is 385 g/mol. The highest BCUT2D eigenvalue weighted by Crippen LogP contribution is 2.64. The van der Waals surface area contributed by atoms with Gasteiger partial charge in [-0.2, -0.15) is 5.10 Å². The van der Waals surface area contributed by atoms with Crippen LogP contribution in [-0.2, 0) is 11.8 Å². The van der Waals surface area contributed by atoms with Crippen LogP contribution in [0.5, 0.6) is 0 Å². The Labute approximate surface area is 160 Å². The van der Waals surface area contributed by atoms with E-state index in [0.717, 1.165) is 18.9 Å². The predicted molar refractivity (Wildman–Crippen MR) is 99.4 cm³/mol. The molecule has 2 aromatic heterocycles. The summed E-state index contributed by atoms with van der Waals surface area (Å²) in [6.07, 6.45) is 6.96. The molecule has 0 bridgehead atoms. The molecule has 1 N–H and O–H groups in total. The zero-order valence-corrected chi connectivity index (χ0v) is 15.6. The number of rotatable bonds is 4. The van der Waals surface area contributed by atoms with Crippen LogP contribution in [0.15, 0.2) is 30.9 Å². The zero-order valence-electron chi connectivity index (χ0n) is 15.6. The minimum Gasteiger partial charge on any atom is -0.327 e. The smallest absolute Gasteiger partial charge is 0.227 e. The molecule has 28 heavy (non-hydrogen) atoms. The molecule has 0 spiro atoms.